The van der Waals surface area contributed by atoms with Gasteiger partial charge in [-0.15, -0.1) is 0 Å². The molecule has 4 rings (SSSR count). The molecule has 0 aromatic carbocycles. The summed E-state index contributed by atoms with van der Waals surface area (Å²) in [5, 5.41) is 0. The Morgan fingerprint density at radius 2 is 1.54 bits per heavy atom. The second kappa shape index (κ2) is 10.0. The van der Waals surface area contributed by atoms with E-state index in [1.165, 1.54) is 33.3 Å². The molecule has 1 unspecified atom stereocenters. The number of carbonyl (C=O) groups is 4. The van der Waals surface area contributed by atoms with E-state index in [9.17, 15) is 19.2 Å². The van der Waals surface area contributed by atoms with Crippen molar-refractivity contribution in [1.29, 1.82) is 0 Å². The van der Waals surface area contributed by atoms with Crippen molar-refractivity contribution in [3.8, 4) is 0 Å². The Hall–Kier alpha value is -1.90. The maximum atomic E-state index is 12.2. The number of carbonyl (C=O) groups excluding carboxylic acids is 4. The fraction of sp³-hybridized carbons (Fsp3) is 0.786. The fourth-order valence-electron chi connectivity index (χ4n) is 7.81. The largest absolute Gasteiger partial charge is 0.465 e. The van der Waals surface area contributed by atoms with Crippen molar-refractivity contribution in [2.24, 2.45) is 34.0 Å². The second-order valence-corrected chi connectivity index (χ2v) is 13.2. The molecule has 9 heteroatoms. The van der Waals surface area contributed by atoms with Gasteiger partial charge in [0, 0.05) is 44.9 Å². The number of esters is 4. The lowest BCUT2D eigenvalue weighted by Crippen LogP contribution is -2.56. The van der Waals surface area contributed by atoms with Gasteiger partial charge in [0.05, 0.1) is 11.4 Å². The first-order valence-corrected chi connectivity index (χ1v) is 14.1. The summed E-state index contributed by atoms with van der Waals surface area (Å²) in [6.45, 7) is 10.7. The molecule has 37 heavy (non-hydrogen) atoms. The van der Waals surface area contributed by atoms with Crippen LogP contribution in [0.4, 0.5) is 0 Å². The van der Waals surface area contributed by atoms with E-state index in [1.54, 1.807) is 0 Å². The lowest BCUT2D eigenvalue weighted by atomic mass is 9.48. The van der Waals surface area contributed by atoms with Gasteiger partial charge in [-0.25, -0.2) is 0 Å². The van der Waals surface area contributed by atoms with Gasteiger partial charge in [0.2, 0.25) is 0 Å². The van der Waals surface area contributed by atoms with Crippen LogP contribution in [0, 0.1) is 34.0 Å². The van der Waals surface area contributed by atoms with E-state index in [1.807, 2.05) is 0 Å². The van der Waals surface area contributed by atoms with Crippen LogP contribution in [0.2, 0.25) is 0 Å². The molecule has 0 spiro atoms. The standard InChI is InChI=1S/C28H39BrO8/c1-15(30)34-13-25(29)26(5)8-7-20-19(10-26)22(36-17(3)32)9-24-27(20,6)12-23(37-18(4)33)21-11-28(21,24)14-35-16(2)31/h7,19,21-25H,8-14H2,1-6H3/t19-,21?,22-,23-,24+,25+,26-,27+,28+/m1/s1. The summed E-state index contributed by atoms with van der Waals surface area (Å²) in [5.41, 5.74) is 0.418. The van der Waals surface area contributed by atoms with Gasteiger partial charge >= 0.3 is 23.9 Å². The molecular weight excluding hydrogens is 544 g/mol. The molecule has 0 heterocycles. The van der Waals surface area contributed by atoms with Crippen molar-refractivity contribution < 1.29 is 38.1 Å². The van der Waals surface area contributed by atoms with Crippen molar-refractivity contribution >= 4 is 39.8 Å². The third-order valence-electron chi connectivity index (χ3n) is 9.53. The molecule has 0 amide bonds. The Labute approximate surface area is 227 Å². The lowest BCUT2D eigenvalue weighted by molar-refractivity contribution is -0.170. The van der Waals surface area contributed by atoms with Crippen LogP contribution >= 0.6 is 15.9 Å². The minimum Gasteiger partial charge on any atom is -0.465 e. The summed E-state index contributed by atoms with van der Waals surface area (Å²) in [6.07, 6.45) is 5.42. The Balaban J connectivity index is 1.72. The first-order chi connectivity index (χ1) is 17.2. The Bertz CT molecular complexity index is 1010. The van der Waals surface area contributed by atoms with E-state index in [0.717, 1.165) is 19.3 Å². The van der Waals surface area contributed by atoms with Gasteiger partial charge < -0.3 is 18.9 Å². The van der Waals surface area contributed by atoms with Crippen LogP contribution in [0.25, 0.3) is 0 Å². The summed E-state index contributed by atoms with van der Waals surface area (Å²) >= 11 is 3.77. The minimum absolute atomic E-state index is 0.0136. The average Bonchev–Trinajstić information content (AvgIpc) is 3.53. The van der Waals surface area contributed by atoms with Gasteiger partial charge in [0.1, 0.15) is 18.8 Å². The molecule has 4 aliphatic rings. The van der Waals surface area contributed by atoms with Crippen LogP contribution in [0.15, 0.2) is 11.6 Å². The minimum atomic E-state index is -0.328. The fourth-order valence-corrected chi connectivity index (χ4v) is 8.32. The zero-order valence-electron chi connectivity index (χ0n) is 22.6. The highest BCUT2D eigenvalue weighted by Gasteiger charge is 2.73. The van der Waals surface area contributed by atoms with E-state index >= 15 is 0 Å². The molecule has 0 aromatic heterocycles. The van der Waals surface area contributed by atoms with Gasteiger partial charge in [-0.05, 0) is 48.9 Å². The highest BCUT2D eigenvalue weighted by Crippen LogP contribution is 2.74. The number of fused-ring (bicyclic) bond motifs is 5. The quantitative estimate of drug-likeness (QED) is 0.187. The molecule has 0 aromatic rings. The van der Waals surface area contributed by atoms with E-state index in [4.69, 9.17) is 18.9 Å². The van der Waals surface area contributed by atoms with Crippen LogP contribution in [-0.4, -0.2) is 54.1 Å². The number of hydrogen-bond donors (Lipinski definition) is 0. The molecule has 206 valence electrons. The van der Waals surface area contributed by atoms with Gasteiger partial charge in [0.25, 0.3) is 0 Å². The topological polar surface area (TPSA) is 105 Å². The molecule has 8 nitrogen and oxygen atoms in total. The lowest BCUT2D eigenvalue weighted by Gasteiger charge is -2.59. The third kappa shape index (κ3) is 5.21. The molecule has 9 atom stereocenters. The van der Waals surface area contributed by atoms with E-state index in [0.29, 0.717) is 12.8 Å². The maximum Gasteiger partial charge on any atom is 0.302 e. The van der Waals surface area contributed by atoms with Gasteiger partial charge in [-0.3, -0.25) is 19.2 Å². The second-order valence-electron chi connectivity index (χ2n) is 12.1. The zero-order valence-corrected chi connectivity index (χ0v) is 24.2. The van der Waals surface area contributed by atoms with Crippen molar-refractivity contribution in [3.05, 3.63) is 11.6 Å². The predicted molar refractivity (Wildman–Crippen MR) is 137 cm³/mol. The van der Waals surface area contributed by atoms with Gasteiger partial charge in [-0.2, -0.15) is 0 Å². The average molecular weight is 584 g/mol. The highest BCUT2D eigenvalue weighted by atomic mass is 79.9. The van der Waals surface area contributed by atoms with Crippen LogP contribution in [-0.2, 0) is 38.1 Å². The Morgan fingerprint density at radius 3 is 2.14 bits per heavy atom. The normalized spacial score (nSPS) is 40.5. The number of hydrogen-bond acceptors (Lipinski definition) is 8. The summed E-state index contributed by atoms with van der Waals surface area (Å²) < 4.78 is 22.7. The van der Waals surface area contributed by atoms with Crippen molar-refractivity contribution in [1.82, 2.24) is 0 Å². The van der Waals surface area contributed by atoms with Crippen molar-refractivity contribution in [3.63, 3.8) is 0 Å². The number of alkyl halides is 1. The molecule has 0 N–H and O–H groups in total. The molecule has 0 saturated heterocycles. The summed E-state index contributed by atoms with van der Waals surface area (Å²) in [6, 6.07) is 0. The Morgan fingerprint density at radius 1 is 0.919 bits per heavy atom. The smallest absolute Gasteiger partial charge is 0.302 e. The molecule has 0 aliphatic heterocycles. The van der Waals surface area contributed by atoms with E-state index < -0.39 is 0 Å². The monoisotopic (exact) mass is 582 g/mol. The molecule has 4 aliphatic carbocycles. The number of allylic oxidation sites excluding steroid dienone is 1. The van der Waals surface area contributed by atoms with Crippen LogP contribution in [0.5, 0.6) is 0 Å². The van der Waals surface area contributed by atoms with Gasteiger partial charge in [0.15, 0.2) is 0 Å². The van der Waals surface area contributed by atoms with E-state index in [-0.39, 0.29) is 88.1 Å². The number of halogens is 1. The first-order valence-electron chi connectivity index (χ1n) is 13.2. The van der Waals surface area contributed by atoms with Crippen LogP contribution in [0.1, 0.15) is 73.6 Å². The zero-order chi connectivity index (χ0) is 27.3. The van der Waals surface area contributed by atoms with Crippen molar-refractivity contribution in [2.75, 3.05) is 13.2 Å². The van der Waals surface area contributed by atoms with Gasteiger partial charge in [-0.1, -0.05) is 41.4 Å². The SMILES string of the molecule is CC(=O)OC[C@H](Br)[C@]1(C)CC=C2[C@@H](C1)[C@H](OC(C)=O)C[C@@H]1[C@]3(COC(C)=O)CC3[C@H](OC(C)=O)C[C@@]21C. The van der Waals surface area contributed by atoms with Crippen molar-refractivity contribution in [2.45, 2.75) is 90.7 Å². The summed E-state index contributed by atoms with van der Waals surface area (Å²) in [5.74, 6) is -1.04. The van der Waals surface area contributed by atoms with Crippen LogP contribution in [0.3, 0.4) is 0 Å². The number of rotatable bonds is 7. The molecule has 3 fully saturated rings. The first kappa shape index (κ1) is 28.1. The predicted octanol–water partition coefficient (Wildman–Crippen LogP) is 4.52. The molecule has 0 radical (unpaired) electrons. The summed E-state index contributed by atoms with van der Waals surface area (Å²) in [4.78, 5) is 47.4. The Kier molecular flexibility index (Phi) is 7.60. The third-order valence-corrected chi connectivity index (χ3v) is 10.9. The molecule has 0 bridgehead atoms. The molecular formula is C28H39BrO8. The molecule has 3 saturated carbocycles. The maximum absolute atomic E-state index is 12.2. The summed E-state index contributed by atoms with van der Waals surface area (Å²) in [7, 11) is 0. The van der Waals surface area contributed by atoms with E-state index in [2.05, 4.69) is 35.9 Å². The number of ether oxygens (including phenoxy) is 4. The van der Waals surface area contributed by atoms with Crippen LogP contribution < -0.4 is 0 Å². The highest BCUT2D eigenvalue weighted by molar-refractivity contribution is 9.09.